The Morgan fingerprint density at radius 1 is 1.36 bits per heavy atom. The molecule has 0 amide bonds. The lowest BCUT2D eigenvalue weighted by Gasteiger charge is -2.17. The normalized spacial score (nSPS) is 21.4. The minimum Gasteiger partial charge on any atom is -0.382 e. The first-order valence-corrected chi connectivity index (χ1v) is 5.40. The fourth-order valence-corrected chi connectivity index (χ4v) is 1.54. The van der Waals surface area contributed by atoms with Crippen LogP contribution in [0.1, 0.15) is 19.3 Å². The molecule has 0 saturated heterocycles. The Kier molecular flexibility index (Phi) is 6.66. The van der Waals surface area contributed by atoms with Crippen LogP contribution in [0, 0.1) is 0 Å². The van der Waals surface area contributed by atoms with Gasteiger partial charge in [-0.1, -0.05) is 12.2 Å². The highest BCUT2D eigenvalue weighted by Crippen LogP contribution is 2.09. The molecule has 0 heterocycles. The van der Waals surface area contributed by atoms with Crippen LogP contribution >= 0.6 is 0 Å². The van der Waals surface area contributed by atoms with Gasteiger partial charge in [0, 0.05) is 19.7 Å². The van der Waals surface area contributed by atoms with E-state index < -0.39 is 0 Å². The fourth-order valence-electron chi connectivity index (χ4n) is 1.54. The lowest BCUT2D eigenvalue weighted by atomic mass is 10.0. The number of methoxy groups -OCH3 is 1. The second-order valence-corrected chi connectivity index (χ2v) is 3.52. The number of allylic oxidation sites excluding steroid dienone is 1. The molecular formula is C11H21NO2. The Morgan fingerprint density at radius 2 is 2.29 bits per heavy atom. The molecule has 1 atom stereocenters. The summed E-state index contributed by atoms with van der Waals surface area (Å²) in [5, 5.41) is 3.45. The molecule has 1 aliphatic rings. The maximum absolute atomic E-state index is 5.35. The van der Waals surface area contributed by atoms with Crippen LogP contribution < -0.4 is 5.32 Å². The molecule has 0 bridgehead atoms. The average Bonchev–Trinajstić information content (AvgIpc) is 2.25. The molecule has 3 heteroatoms. The SMILES string of the molecule is COCCOCCNC1C=CCCC1. The first-order valence-electron chi connectivity index (χ1n) is 5.40. The molecule has 82 valence electrons. The summed E-state index contributed by atoms with van der Waals surface area (Å²) in [5.41, 5.74) is 0. The van der Waals surface area contributed by atoms with Gasteiger partial charge in [0.25, 0.3) is 0 Å². The summed E-state index contributed by atoms with van der Waals surface area (Å²) in [4.78, 5) is 0. The van der Waals surface area contributed by atoms with Gasteiger partial charge in [-0.25, -0.2) is 0 Å². The van der Waals surface area contributed by atoms with Gasteiger partial charge in [0.15, 0.2) is 0 Å². The lowest BCUT2D eigenvalue weighted by Crippen LogP contribution is -2.31. The van der Waals surface area contributed by atoms with Crippen molar-refractivity contribution in [3.8, 4) is 0 Å². The van der Waals surface area contributed by atoms with E-state index in [1.807, 2.05) is 0 Å². The number of hydrogen-bond donors (Lipinski definition) is 1. The Labute approximate surface area is 86.5 Å². The molecule has 14 heavy (non-hydrogen) atoms. The molecule has 1 rings (SSSR count). The second-order valence-electron chi connectivity index (χ2n) is 3.52. The van der Waals surface area contributed by atoms with E-state index in [9.17, 15) is 0 Å². The summed E-state index contributed by atoms with van der Waals surface area (Å²) in [7, 11) is 1.69. The summed E-state index contributed by atoms with van der Waals surface area (Å²) in [6.45, 7) is 3.08. The third kappa shape index (κ3) is 5.37. The number of ether oxygens (including phenoxy) is 2. The van der Waals surface area contributed by atoms with Gasteiger partial charge in [-0.15, -0.1) is 0 Å². The average molecular weight is 199 g/mol. The minimum absolute atomic E-state index is 0.565. The molecular weight excluding hydrogens is 178 g/mol. The van der Waals surface area contributed by atoms with Crippen LogP contribution in [0.3, 0.4) is 0 Å². The minimum atomic E-state index is 0.565. The summed E-state index contributed by atoms with van der Waals surface area (Å²) >= 11 is 0. The molecule has 0 saturated carbocycles. The van der Waals surface area contributed by atoms with E-state index in [4.69, 9.17) is 9.47 Å². The van der Waals surface area contributed by atoms with E-state index in [0.29, 0.717) is 19.3 Å². The molecule has 0 aliphatic heterocycles. The lowest BCUT2D eigenvalue weighted by molar-refractivity contribution is 0.0713. The molecule has 0 aromatic carbocycles. The molecule has 3 nitrogen and oxygen atoms in total. The predicted octanol–water partition coefficient (Wildman–Crippen LogP) is 1.35. The second kappa shape index (κ2) is 7.97. The molecule has 1 unspecified atom stereocenters. The summed E-state index contributed by atoms with van der Waals surface area (Å²) in [5.74, 6) is 0. The highest BCUT2D eigenvalue weighted by atomic mass is 16.5. The summed E-state index contributed by atoms with van der Waals surface area (Å²) in [6.07, 6.45) is 8.32. The number of rotatable bonds is 7. The van der Waals surface area contributed by atoms with Crippen molar-refractivity contribution in [2.75, 3.05) is 33.5 Å². The van der Waals surface area contributed by atoms with Gasteiger partial charge in [0.2, 0.25) is 0 Å². The molecule has 0 radical (unpaired) electrons. The zero-order valence-electron chi connectivity index (χ0n) is 9.00. The van der Waals surface area contributed by atoms with Gasteiger partial charge in [-0.3, -0.25) is 0 Å². The van der Waals surface area contributed by atoms with Crippen molar-refractivity contribution in [3.63, 3.8) is 0 Å². The molecule has 0 aromatic rings. The van der Waals surface area contributed by atoms with Crippen molar-refractivity contribution in [1.29, 1.82) is 0 Å². The predicted molar refractivity (Wildman–Crippen MR) is 57.5 cm³/mol. The van der Waals surface area contributed by atoms with Crippen LogP contribution in [0.4, 0.5) is 0 Å². The topological polar surface area (TPSA) is 30.5 Å². The molecule has 1 aliphatic carbocycles. The van der Waals surface area contributed by atoms with Crippen molar-refractivity contribution in [2.45, 2.75) is 25.3 Å². The zero-order valence-corrected chi connectivity index (χ0v) is 9.00. The zero-order chi connectivity index (χ0) is 10.1. The highest BCUT2D eigenvalue weighted by molar-refractivity contribution is 4.97. The van der Waals surface area contributed by atoms with Crippen molar-refractivity contribution < 1.29 is 9.47 Å². The number of hydrogen-bond acceptors (Lipinski definition) is 3. The van der Waals surface area contributed by atoms with Crippen molar-refractivity contribution in [1.82, 2.24) is 5.32 Å². The largest absolute Gasteiger partial charge is 0.382 e. The standard InChI is InChI=1S/C11H21NO2/c1-13-9-10-14-8-7-12-11-5-3-2-4-6-11/h3,5,11-12H,2,4,6-10H2,1H3. The fraction of sp³-hybridized carbons (Fsp3) is 0.818. The van der Waals surface area contributed by atoms with Gasteiger partial charge in [0.05, 0.1) is 19.8 Å². The van der Waals surface area contributed by atoms with Crippen molar-refractivity contribution in [3.05, 3.63) is 12.2 Å². The summed E-state index contributed by atoms with van der Waals surface area (Å²) in [6, 6.07) is 0.565. The van der Waals surface area contributed by atoms with E-state index in [1.54, 1.807) is 7.11 Å². The monoisotopic (exact) mass is 199 g/mol. The Hall–Kier alpha value is -0.380. The first kappa shape index (κ1) is 11.7. The van der Waals surface area contributed by atoms with Crippen molar-refractivity contribution >= 4 is 0 Å². The van der Waals surface area contributed by atoms with Crippen LogP contribution in [0.15, 0.2) is 12.2 Å². The summed E-state index contributed by atoms with van der Waals surface area (Å²) < 4.78 is 10.2. The molecule has 0 spiro atoms. The molecule has 1 N–H and O–H groups in total. The highest BCUT2D eigenvalue weighted by Gasteiger charge is 2.05. The van der Waals surface area contributed by atoms with E-state index >= 15 is 0 Å². The van der Waals surface area contributed by atoms with Gasteiger partial charge in [-0.2, -0.15) is 0 Å². The van der Waals surface area contributed by atoms with E-state index in [-0.39, 0.29) is 0 Å². The van der Waals surface area contributed by atoms with E-state index in [1.165, 1.54) is 19.3 Å². The van der Waals surface area contributed by atoms with Crippen LogP contribution in [0.5, 0.6) is 0 Å². The van der Waals surface area contributed by atoms with Crippen LogP contribution in [-0.2, 0) is 9.47 Å². The molecule has 0 aromatic heterocycles. The first-order chi connectivity index (χ1) is 6.93. The third-order valence-corrected chi connectivity index (χ3v) is 2.34. The van der Waals surface area contributed by atoms with Gasteiger partial charge < -0.3 is 14.8 Å². The Morgan fingerprint density at radius 3 is 3.00 bits per heavy atom. The van der Waals surface area contributed by atoms with Crippen LogP contribution in [0.25, 0.3) is 0 Å². The Balaban J connectivity index is 1.88. The third-order valence-electron chi connectivity index (χ3n) is 2.34. The number of nitrogens with one attached hydrogen (secondary N) is 1. The maximum Gasteiger partial charge on any atom is 0.0700 e. The van der Waals surface area contributed by atoms with Gasteiger partial charge >= 0.3 is 0 Å². The molecule has 0 fully saturated rings. The van der Waals surface area contributed by atoms with Gasteiger partial charge in [-0.05, 0) is 19.3 Å². The van der Waals surface area contributed by atoms with E-state index in [2.05, 4.69) is 17.5 Å². The quantitative estimate of drug-likeness (QED) is 0.496. The smallest absolute Gasteiger partial charge is 0.0700 e. The Bertz CT molecular complexity index is 159. The van der Waals surface area contributed by atoms with Crippen LogP contribution in [0.2, 0.25) is 0 Å². The van der Waals surface area contributed by atoms with Gasteiger partial charge in [0.1, 0.15) is 0 Å². The van der Waals surface area contributed by atoms with E-state index in [0.717, 1.165) is 13.2 Å². The van der Waals surface area contributed by atoms with Crippen LogP contribution in [-0.4, -0.2) is 39.5 Å². The van der Waals surface area contributed by atoms with Crippen molar-refractivity contribution in [2.24, 2.45) is 0 Å². The maximum atomic E-state index is 5.35.